The summed E-state index contributed by atoms with van der Waals surface area (Å²) in [6.07, 6.45) is 1.56. The largest absolute Gasteiger partial charge is 0.451 e. The zero-order valence-corrected chi connectivity index (χ0v) is 14.2. The summed E-state index contributed by atoms with van der Waals surface area (Å²) in [4.78, 5) is 16.9. The van der Waals surface area contributed by atoms with E-state index in [-0.39, 0.29) is 11.9 Å². The number of hydrogen-bond acceptors (Lipinski definition) is 3. The second kappa shape index (κ2) is 8.25. The van der Waals surface area contributed by atoms with Gasteiger partial charge in [-0.2, -0.15) is 0 Å². The van der Waals surface area contributed by atoms with Gasteiger partial charge < -0.3 is 4.74 Å². The SMILES string of the molecule is CC(CC(=O)OC(c1ccccc1)c1ccccn1)c1ccccc1. The lowest BCUT2D eigenvalue weighted by atomic mass is 9.98. The maximum absolute atomic E-state index is 12.5. The van der Waals surface area contributed by atoms with E-state index in [1.54, 1.807) is 6.20 Å². The van der Waals surface area contributed by atoms with Crippen LogP contribution in [0.1, 0.15) is 42.2 Å². The Bertz CT molecular complexity index is 749. The van der Waals surface area contributed by atoms with Crippen LogP contribution >= 0.6 is 0 Å². The number of rotatable bonds is 6. The molecule has 0 saturated heterocycles. The zero-order valence-electron chi connectivity index (χ0n) is 14.2. The predicted octanol–water partition coefficient (Wildman–Crippen LogP) is 4.91. The van der Waals surface area contributed by atoms with Gasteiger partial charge in [-0.05, 0) is 29.2 Å². The molecule has 2 atom stereocenters. The number of nitrogens with zero attached hydrogens (tertiary/aromatic N) is 1. The Morgan fingerprint density at radius 2 is 1.48 bits per heavy atom. The second-order valence-corrected chi connectivity index (χ2v) is 6.05. The van der Waals surface area contributed by atoms with E-state index >= 15 is 0 Å². The molecule has 0 fully saturated rings. The molecular weight excluding hydrogens is 310 g/mol. The van der Waals surface area contributed by atoms with Crippen LogP contribution in [0.4, 0.5) is 0 Å². The Kier molecular flexibility index (Phi) is 5.57. The van der Waals surface area contributed by atoms with Crippen molar-refractivity contribution in [2.45, 2.75) is 25.4 Å². The highest BCUT2D eigenvalue weighted by Gasteiger charge is 2.21. The summed E-state index contributed by atoms with van der Waals surface area (Å²) < 4.78 is 5.81. The van der Waals surface area contributed by atoms with Crippen molar-refractivity contribution in [1.82, 2.24) is 4.98 Å². The van der Waals surface area contributed by atoms with Crippen LogP contribution in [-0.4, -0.2) is 11.0 Å². The first kappa shape index (κ1) is 16.9. The predicted molar refractivity (Wildman–Crippen MR) is 98.1 cm³/mol. The Labute approximate surface area is 148 Å². The van der Waals surface area contributed by atoms with Crippen LogP contribution < -0.4 is 0 Å². The summed E-state index contributed by atoms with van der Waals surface area (Å²) >= 11 is 0. The summed E-state index contributed by atoms with van der Waals surface area (Å²) in [5, 5.41) is 0. The molecule has 0 aliphatic heterocycles. The van der Waals surface area contributed by atoms with Crippen molar-refractivity contribution in [3.63, 3.8) is 0 Å². The molecule has 3 heteroatoms. The van der Waals surface area contributed by atoms with Crippen molar-refractivity contribution >= 4 is 5.97 Å². The Morgan fingerprint density at radius 1 is 0.880 bits per heavy atom. The van der Waals surface area contributed by atoms with Crippen molar-refractivity contribution in [3.05, 3.63) is 102 Å². The first-order valence-electron chi connectivity index (χ1n) is 8.44. The molecule has 2 unspecified atom stereocenters. The number of esters is 1. The zero-order chi connectivity index (χ0) is 17.5. The van der Waals surface area contributed by atoms with Gasteiger partial charge in [-0.1, -0.05) is 73.7 Å². The standard InChI is InChI=1S/C22H21NO2/c1-17(18-10-4-2-5-11-18)16-21(24)25-22(19-12-6-3-7-13-19)20-14-8-9-15-23-20/h2-15,17,22H,16H2,1H3. The Hall–Kier alpha value is -2.94. The van der Waals surface area contributed by atoms with Crippen LogP contribution in [0.3, 0.4) is 0 Å². The van der Waals surface area contributed by atoms with E-state index in [0.717, 1.165) is 16.8 Å². The van der Waals surface area contributed by atoms with Gasteiger partial charge in [0.15, 0.2) is 6.10 Å². The number of aromatic nitrogens is 1. The van der Waals surface area contributed by atoms with Crippen LogP contribution in [0.25, 0.3) is 0 Å². The van der Waals surface area contributed by atoms with Gasteiger partial charge in [0.1, 0.15) is 0 Å². The molecule has 0 aliphatic rings. The smallest absolute Gasteiger partial charge is 0.307 e. The number of benzene rings is 2. The molecule has 3 nitrogen and oxygen atoms in total. The summed E-state index contributed by atoms with van der Waals surface area (Å²) in [7, 11) is 0. The highest BCUT2D eigenvalue weighted by atomic mass is 16.5. The van der Waals surface area contributed by atoms with Crippen molar-refractivity contribution in [2.24, 2.45) is 0 Å². The van der Waals surface area contributed by atoms with E-state index in [2.05, 4.69) is 4.98 Å². The van der Waals surface area contributed by atoms with Gasteiger partial charge in [0.25, 0.3) is 0 Å². The molecule has 3 aromatic rings. The molecule has 0 bridgehead atoms. The van der Waals surface area contributed by atoms with Crippen LogP contribution in [-0.2, 0) is 9.53 Å². The number of carbonyl (C=O) groups is 1. The van der Waals surface area contributed by atoms with Gasteiger partial charge in [-0.25, -0.2) is 0 Å². The topological polar surface area (TPSA) is 39.2 Å². The van der Waals surface area contributed by atoms with Crippen molar-refractivity contribution < 1.29 is 9.53 Å². The molecule has 0 N–H and O–H groups in total. The minimum atomic E-state index is -0.488. The maximum Gasteiger partial charge on any atom is 0.307 e. The lowest BCUT2D eigenvalue weighted by Crippen LogP contribution is -2.15. The molecule has 0 spiro atoms. The average molecular weight is 331 g/mol. The van der Waals surface area contributed by atoms with Gasteiger partial charge in [-0.3, -0.25) is 9.78 Å². The molecule has 0 saturated carbocycles. The normalized spacial score (nSPS) is 13.0. The molecule has 2 aromatic carbocycles. The molecule has 1 aromatic heterocycles. The van der Waals surface area contributed by atoms with Gasteiger partial charge in [0, 0.05) is 6.20 Å². The molecule has 0 radical (unpaired) electrons. The van der Waals surface area contributed by atoms with Gasteiger partial charge in [0.2, 0.25) is 0 Å². The molecule has 1 heterocycles. The summed E-state index contributed by atoms with van der Waals surface area (Å²) in [5.41, 5.74) is 2.78. The lowest BCUT2D eigenvalue weighted by molar-refractivity contribution is -0.148. The fourth-order valence-corrected chi connectivity index (χ4v) is 2.79. The quantitative estimate of drug-likeness (QED) is 0.603. The number of hydrogen-bond donors (Lipinski definition) is 0. The minimum Gasteiger partial charge on any atom is -0.451 e. The number of carbonyl (C=O) groups excluding carboxylic acids is 1. The van der Waals surface area contributed by atoms with E-state index in [9.17, 15) is 4.79 Å². The van der Waals surface area contributed by atoms with Gasteiger partial charge >= 0.3 is 5.97 Å². The minimum absolute atomic E-state index is 0.105. The number of pyridine rings is 1. The fourth-order valence-electron chi connectivity index (χ4n) is 2.79. The van der Waals surface area contributed by atoms with E-state index in [1.807, 2.05) is 85.8 Å². The first-order chi connectivity index (χ1) is 12.2. The van der Waals surface area contributed by atoms with Crippen molar-refractivity contribution in [1.29, 1.82) is 0 Å². The average Bonchev–Trinajstić information content (AvgIpc) is 2.68. The number of ether oxygens (including phenoxy) is 1. The van der Waals surface area contributed by atoms with Crippen LogP contribution in [0.2, 0.25) is 0 Å². The second-order valence-electron chi connectivity index (χ2n) is 6.05. The van der Waals surface area contributed by atoms with Crippen LogP contribution in [0, 0.1) is 0 Å². The summed E-state index contributed by atoms with van der Waals surface area (Å²) in [6, 6.07) is 25.4. The third-order valence-corrected chi connectivity index (χ3v) is 4.15. The summed E-state index contributed by atoms with van der Waals surface area (Å²) in [5.74, 6) is -0.121. The van der Waals surface area contributed by atoms with Crippen molar-refractivity contribution in [3.8, 4) is 0 Å². The van der Waals surface area contributed by atoms with Crippen LogP contribution in [0.5, 0.6) is 0 Å². The first-order valence-corrected chi connectivity index (χ1v) is 8.44. The monoisotopic (exact) mass is 331 g/mol. The van der Waals surface area contributed by atoms with Gasteiger partial charge in [-0.15, -0.1) is 0 Å². The lowest BCUT2D eigenvalue weighted by Gasteiger charge is -2.19. The highest BCUT2D eigenvalue weighted by Crippen LogP contribution is 2.27. The molecule has 0 aliphatic carbocycles. The Morgan fingerprint density at radius 3 is 2.08 bits per heavy atom. The highest BCUT2D eigenvalue weighted by molar-refractivity contribution is 5.71. The van der Waals surface area contributed by atoms with Gasteiger partial charge in [0.05, 0.1) is 12.1 Å². The van der Waals surface area contributed by atoms with E-state index in [4.69, 9.17) is 4.74 Å². The molecule has 0 amide bonds. The van der Waals surface area contributed by atoms with Crippen molar-refractivity contribution in [2.75, 3.05) is 0 Å². The molecule has 3 rings (SSSR count). The van der Waals surface area contributed by atoms with Crippen LogP contribution in [0.15, 0.2) is 85.1 Å². The fraction of sp³-hybridized carbons (Fsp3) is 0.182. The van der Waals surface area contributed by atoms with E-state index in [1.165, 1.54) is 0 Å². The Balaban J connectivity index is 1.75. The summed E-state index contributed by atoms with van der Waals surface area (Å²) in [6.45, 7) is 2.04. The molecule has 25 heavy (non-hydrogen) atoms. The molecule has 126 valence electrons. The molecular formula is C22H21NO2. The third kappa shape index (κ3) is 4.54. The maximum atomic E-state index is 12.5. The third-order valence-electron chi connectivity index (χ3n) is 4.15. The van der Waals surface area contributed by atoms with E-state index < -0.39 is 6.10 Å². The van der Waals surface area contributed by atoms with E-state index in [0.29, 0.717) is 6.42 Å².